The third-order valence-corrected chi connectivity index (χ3v) is 4.69. The van der Waals surface area contributed by atoms with Gasteiger partial charge in [0.25, 0.3) is 0 Å². The van der Waals surface area contributed by atoms with E-state index in [1.165, 1.54) is 12.8 Å². The molecule has 2 rings (SSSR count). The summed E-state index contributed by atoms with van der Waals surface area (Å²) in [7, 11) is 1.75. The van der Waals surface area contributed by atoms with Crippen LogP contribution in [-0.4, -0.2) is 29.4 Å². The molecule has 0 radical (unpaired) electrons. The highest BCUT2D eigenvalue weighted by atomic mass is 35.5. The number of carbonyl (C=O) groups excluding carboxylic acids is 1. The van der Waals surface area contributed by atoms with Crippen LogP contribution in [0.5, 0.6) is 0 Å². The van der Waals surface area contributed by atoms with Gasteiger partial charge in [0.15, 0.2) is 5.78 Å². The van der Waals surface area contributed by atoms with Crippen molar-refractivity contribution in [3.63, 3.8) is 0 Å². The van der Waals surface area contributed by atoms with E-state index < -0.39 is 5.38 Å². The molecule has 0 aromatic carbocycles. The Bertz CT molecular complexity index is 501. The molecule has 1 aromatic rings. The second kappa shape index (κ2) is 5.90. The molecule has 1 aromatic heterocycles. The molecule has 0 N–H and O–H groups in total. The van der Waals surface area contributed by atoms with Gasteiger partial charge in [0.05, 0.1) is 5.38 Å². The number of halogens is 1. The minimum absolute atomic E-state index is 0.0211. The van der Waals surface area contributed by atoms with E-state index in [0.29, 0.717) is 5.41 Å². The Balaban J connectivity index is 2.19. The van der Waals surface area contributed by atoms with Gasteiger partial charge in [-0.3, -0.25) is 4.79 Å². The number of Topliss-reactive ketones (excluding diaryl/α,β-unsaturated/α-hetero) is 1. The summed E-state index contributed by atoms with van der Waals surface area (Å²) < 4.78 is 7.48. The molecule has 0 bridgehead atoms. The number of hydrogen-bond donors (Lipinski definition) is 0. The quantitative estimate of drug-likeness (QED) is 0.567. The number of rotatable bonds is 7. The maximum absolute atomic E-state index is 12.1. The Hall–Kier alpha value is -0.800. The van der Waals surface area contributed by atoms with Crippen molar-refractivity contribution in [2.75, 3.05) is 13.7 Å². The molecule has 0 amide bonds. The number of methoxy groups -OCH3 is 1. The van der Waals surface area contributed by atoms with E-state index in [0.717, 1.165) is 36.5 Å². The number of alkyl halides is 1. The molecule has 1 aliphatic carbocycles. The Morgan fingerprint density at radius 3 is 2.65 bits per heavy atom. The van der Waals surface area contributed by atoms with Gasteiger partial charge >= 0.3 is 0 Å². The summed E-state index contributed by atoms with van der Waals surface area (Å²) in [6.45, 7) is 7.61. The van der Waals surface area contributed by atoms with Crippen LogP contribution in [0.3, 0.4) is 0 Å². The molecular formula is C16H24ClNO2. The van der Waals surface area contributed by atoms with Crippen LogP contribution in [0.1, 0.15) is 47.9 Å². The summed E-state index contributed by atoms with van der Waals surface area (Å²) in [5.74, 6) is 0.0211. The van der Waals surface area contributed by atoms with Crippen molar-refractivity contribution in [2.24, 2.45) is 5.41 Å². The van der Waals surface area contributed by atoms with Gasteiger partial charge in [0.1, 0.15) is 0 Å². The zero-order chi connectivity index (χ0) is 14.9. The van der Waals surface area contributed by atoms with Crippen molar-refractivity contribution in [2.45, 2.75) is 52.0 Å². The highest BCUT2D eigenvalue weighted by Crippen LogP contribution is 2.50. The first kappa shape index (κ1) is 15.6. The molecule has 1 unspecified atom stereocenters. The van der Waals surface area contributed by atoms with Crippen molar-refractivity contribution < 1.29 is 9.53 Å². The van der Waals surface area contributed by atoms with Crippen LogP contribution in [0, 0.1) is 19.3 Å². The Labute approximate surface area is 126 Å². The molecule has 0 saturated heterocycles. The number of aromatic nitrogens is 1. The zero-order valence-electron chi connectivity index (χ0n) is 12.8. The van der Waals surface area contributed by atoms with Gasteiger partial charge < -0.3 is 9.30 Å². The summed E-state index contributed by atoms with van der Waals surface area (Å²) in [6, 6.07) is 1.98. The molecule has 1 aliphatic rings. The average molecular weight is 298 g/mol. The number of nitrogens with zero attached hydrogens (tertiary/aromatic N) is 1. The normalized spacial score (nSPS) is 18.1. The highest BCUT2D eigenvalue weighted by Gasteiger charge is 2.42. The SMILES string of the molecule is COCCC1(Cn2c(C)cc(C(=O)C(C)Cl)c2C)CC1. The zero-order valence-corrected chi connectivity index (χ0v) is 13.6. The van der Waals surface area contributed by atoms with E-state index in [-0.39, 0.29) is 5.78 Å². The molecule has 20 heavy (non-hydrogen) atoms. The first-order valence-corrected chi connectivity index (χ1v) is 7.68. The van der Waals surface area contributed by atoms with Crippen LogP contribution in [0.2, 0.25) is 0 Å². The Kier molecular flexibility index (Phi) is 4.60. The van der Waals surface area contributed by atoms with Gasteiger partial charge in [-0.2, -0.15) is 0 Å². The maximum Gasteiger partial charge on any atom is 0.182 e. The molecule has 4 heteroatoms. The summed E-state index contributed by atoms with van der Waals surface area (Å²) >= 11 is 5.93. The van der Waals surface area contributed by atoms with Gasteiger partial charge in [-0.05, 0) is 51.5 Å². The summed E-state index contributed by atoms with van der Waals surface area (Å²) in [5.41, 5.74) is 3.33. The average Bonchev–Trinajstić information content (AvgIpc) is 3.12. The fraction of sp³-hybridized carbons (Fsp3) is 0.688. The van der Waals surface area contributed by atoms with Gasteiger partial charge in [-0.1, -0.05) is 0 Å². The lowest BCUT2D eigenvalue weighted by atomic mass is 10.0. The number of hydrogen-bond acceptors (Lipinski definition) is 2. The Morgan fingerprint density at radius 1 is 1.50 bits per heavy atom. The van der Waals surface area contributed by atoms with Gasteiger partial charge in [-0.25, -0.2) is 0 Å². The minimum atomic E-state index is -0.465. The first-order chi connectivity index (χ1) is 9.40. The predicted octanol–water partition coefficient (Wildman–Crippen LogP) is 3.73. The number of ether oxygens (including phenoxy) is 1. The number of ketones is 1. The summed E-state index contributed by atoms with van der Waals surface area (Å²) in [6.07, 6.45) is 3.60. The highest BCUT2D eigenvalue weighted by molar-refractivity contribution is 6.33. The van der Waals surface area contributed by atoms with Crippen molar-refractivity contribution in [1.29, 1.82) is 0 Å². The van der Waals surface area contributed by atoms with Crippen molar-refractivity contribution >= 4 is 17.4 Å². The molecule has 112 valence electrons. The smallest absolute Gasteiger partial charge is 0.182 e. The summed E-state index contributed by atoms with van der Waals surface area (Å²) in [5, 5.41) is -0.465. The molecule has 1 atom stereocenters. The molecule has 0 spiro atoms. The first-order valence-electron chi connectivity index (χ1n) is 7.24. The fourth-order valence-electron chi connectivity index (χ4n) is 2.83. The Morgan fingerprint density at radius 2 is 2.15 bits per heavy atom. The van der Waals surface area contributed by atoms with Crippen LogP contribution in [0.15, 0.2) is 6.07 Å². The van der Waals surface area contributed by atoms with Gasteiger partial charge in [0.2, 0.25) is 0 Å². The van der Waals surface area contributed by atoms with Gasteiger partial charge in [0, 0.05) is 37.2 Å². The van der Waals surface area contributed by atoms with Gasteiger partial charge in [-0.15, -0.1) is 11.6 Å². The second-order valence-corrected chi connectivity index (χ2v) is 6.75. The molecular weight excluding hydrogens is 274 g/mol. The van der Waals surface area contributed by atoms with E-state index in [1.807, 2.05) is 13.0 Å². The van der Waals surface area contributed by atoms with Crippen molar-refractivity contribution in [3.05, 3.63) is 23.0 Å². The van der Waals surface area contributed by atoms with E-state index >= 15 is 0 Å². The third kappa shape index (κ3) is 3.09. The van der Waals surface area contributed by atoms with E-state index in [1.54, 1.807) is 14.0 Å². The van der Waals surface area contributed by atoms with E-state index in [4.69, 9.17) is 16.3 Å². The standard InChI is InChI=1S/C16H24ClNO2/c1-11-9-14(15(19)12(2)17)13(3)18(11)10-16(5-6-16)7-8-20-4/h9,12H,5-8,10H2,1-4H3. The van der Waals surface area contributed by atoms with E-state index in [2.05, 4.69) is 11.5 Å². The molecule has 0 aliphatic heterocycles. The van der Waals surface area contributed by atoms with Crippen molar-refractivity contribution in [1.82, 2.24) is 4.57 Å². The third-order valence-electron chi connectivity index (χ3n) is 4.49. The monoisotopic (exact) mass is 297 g/mol. The van der Waals surface area contributed by atoms with Crippen LogP contribution in [0.25, 0.3) is 0 Å². The van der Waals surface area contributed by atoms with E-state index in [9.17, 15) is 4.79 Å². The summed E-state index contributed by atoms with van der Waals surface area (Å²) in [4.78, 5) is 12.1. The topological polar surface area (TPSA) is 31.2 Å². The predicted molar refractivity (Wildman–Crippen MR) is 81.7 cm³/mol. The number of aryl methyl sites for hydroxylation is 1. The van der Waals surface area contributed by atoms with Crippen molar-refractivity contribution in [3.8, 4) is 0 Å². The van der Waals surface area contributed by atoms with Crippen LogP contribution >= 0.6 is 11.6 Å². The molecule has 3 nitrogen and oxygen atoms in total. The lowest BCUT2D eigenvalue weighted by molar-refractivity contribution is 0.0991. The fourth-order valence-corrected chi connectivity index (χ4v) is 2.94. The van der Waals surface area contributed by atoms with Crippen LogP contribution < -0.4 is 0 Å². The number of carbonyl (C=O) groups is 1. The molecule has 1 saturated carbocycles. The maximum atomic E-state index is 12.1. The minimum Gasteiger partial charge on any atom is -0.385 e. The van der Waals surface area contributed by atoms with Crippen LogP contribution in [-0.2, 0) is 11.3 Å². The molecule has 1 heterocycles. The second-order valence-electron chi connectivity index (χ2n) is 6.09. The lowest BCUT2D eigenvalue weighted by Gasteiger charge is -2.19. The molecule has 1 fully saturated rings. The largest absolute Gasteiger partial charge is 0.385 e. The lowest BCUT2D eigenvalue weighted by Crippen LogP contribution is -2.17. The van der Waals surface area contributed by atoms with Crippen LogP contribution in [0.4, 0.5) is 0 Å².